The molecule has 180 valence electrons. The number of carbonyl (C=O) groups is 1. The summed E-state index contributed by atoms with van der Waals surface area (Å²) in [4.78, 5) is 31.1. The molecule has 0 aliphatic carbocycles. The molecule has 2 aromatic carbocycles. The maximum atomic E-state index is 13.7. The third kappa shape index (κ3) is 4.21. The van der Waals surface area contributed by atoms with Crippen molar-refractivity contribution in [3.05, 3.63) is 63.5 Å². The summed E-state index contributed by atoms with van der Waals surface area (Å²) in [5.41, 5.74) is 1.08. The van der Waals surface area contributed by atoms with Crippen molar-refractivity contribution >= 4 is 16.9 Å². The van der Waals surface area contributed by atoms with E-state index in [-0.39, 0.29) is 17.1 Å². The molecule has 1 aromatic heterocycles. The average molecular weight is 467 g/mol. The Morgan fingerprint density at radius 1 is 1.03 bits per heavy atom. The number of methoxy groups -OCH3 is 2. The second-order valence-corrected chi connectivity index (χ2v) is 8.43. The molecule has 8 nitrogen and oxygen atoms in total. The van der Waals surface area contributed by atoms with E-state index in [0.717, 1.165) is 13.0 Å². The first kappa shape index (κ1) is 23.6. The van der Waals surface area contributed by atoms with Crippen molar-refractivity contribution in [1.82, 2.24) is 9.80 Å². The van der Waals surface area contributed by atoms with Crippen LogP contribution in [0.25, 0.3) is 11.0 Å². The Morgan fingerprint density at radius 2 is 1.79 bits per heavy atom. The number of rotatable bonds is 9. The van der Waals surface area contributed by atoms with Gasteiger partial charge in [0, 0.05) is 18.2 Å². The molecule has 8 heteroatoms. The zero-order valence-electron chi connectivity index (χ0n) is 20.2. The zero-order chi connectivity index (χ0) is 24.4. The molecule has 3 aromatic rings. The van der Waals surface area contributed by atoms with E-state index in [9.17, 15) is 9.59 Å². The van der Waals surface area contributed by atoms with E-state index in [2.05, 4.69) is 4.90 Å². The molecular formula is C26H30N2O6. The smallest absolute Gasteiger partial charge is 0.290 e. The Kier molecular flexibility index (Phi) is 6.79. The number of amides is 1. The molecule has 1 atom stereocenters. The van der Waals surface area contributed by atoms with E-state index >= 15 is 0 Å². The van der Waals surface area contributed by atoms with Crippen LogP contribution in [0.15, 0.2) is 45.6 Å². The molecule has 0 spiro atoms. The summed E-state index contributed by atoms with van der Waals surface area (Å²) in [7, 11) is 7.11. The Morgan fingerprint density at radius 3 is 2.47 bits per heavy atom. The maximum absolute atomic E-state index is 13.7. The van der Waals surface area contributed by atoms with Crippen molar-refractivity contribution in [3.63, 3.8) is 0 Å². The van der Waals surface area contributed by atoms with E-state index in [1.165, 1.54) is 0 Å². The third-order valence-corrected chi connectivity index (χ3v) is 5.99. The number of hydrogen-bond acceptors (Lipinski definition) is 7. The van der Waals surface area contributed by atoms with E-state index in [4.69, 9.17) is 18.6 Å². The molecule has 1 unspecified atom stereocenters. The molecule has 2 heterocycles. The fourth-order valence-electron chi connectivity index (χ4n) is 4.42. The van der Waals surface area contributed by atoms with Gasteiger partial charge in [0.05, 0.1) is 37.8 Å². The lowest BCUT2D eigenvalue weighted by molar-refractivity contribution is 0.0720. The quantitative estimate of drug-likeness (QED) is 0.476. The largest absolute Gasteiger partial charge is 0.497 e. The lowest BCUT2D eigenvalue weighted by Gasteiger charge is -2.27. The molecule has 0 radical (unpaired) electrons. The van der Waals surface area contributed by atoms with Crippen LogP contribution in [0.3, 0.4) is 0 Å². The molecule has 0 N–H and O–H groups in total. The fraction of sp³-hybridized carbons (Fsp3) is 0.385. The van der Waals surface area contributed by atoms with Gasteiger partial charge in [-0.3, -0.25) is 9.59 Å². The standard InChI is InChI=1S/C26H30N2O6/c1-6-33-17-8-10-18-21(15-17)34-25-22(24(18)29)23(28(26(25)30)13-7-12-27(2)3)19-14-16(31-4)9-11-20(19)32-5/h8-11,14-15,23H,6-7,12-13H2,1-5H3. The van der Waals surface area contributed by atoms with Gasteiger partial charge in [-0.15, -0.1) is 0 Å². The number of benzene rings is 2. The van der Waals surface area contributed by atoms with Crippen LogP contribution in [-0.4, -0.2) is 63.7 Å². The normalized spacial score (nSPS) is 15.2. The maximum Gasteiger partial charge on any atom is 0.290 e. The van der Waals surface area contributed by atoms with Crippen LogP contribution < -0.4 is 19.6 Å². The Balaban J connectivity index is 1.92. The number of hydrogen-bond donors (Lipinski definition) is 0. The van der Waals surface area contributed by atoms with Crippen molar-refractivity contribution in [1.29, 1.82) is 0 Å². The van der Waals surface area contributed by atoms with Gasteiger partial charge < -0.3 is 28.4 Å². The highest BCUT2D eigenvalue weighted by Gasteiger charge is 2.43. The molecule has 0 bridgehead atoms. The molecule has 1 aliphatic rings. The summed E-state index contributed by atoms with van der Waals surface area (Å²) in [6.07, 6.45) is 0.734. The first-order valence-electron chi connectivity index (χ1n) is 11.3. The third-order valence-electron chi connectivity index (χ3n) is 5.99. The highest BCUT2D eigenvalue weighted by atomic mass is 16.5. The van der Waals surface area contributed by atoms with Crippen LogP contribution in [0.5, 0.6) is 17.2 Å². The molecule has 0 fully saturated rings. The molecule has 0 saturated carbocycles. The van der Waals surface area contributed by atoms with E-state index < -0.39 is 6.04 Å². The highest BCUT2D eigenvalue weighted by Crippen LogP contribution is 2.43. The van der Waals surface area contributed by atoms with Gasteiger partial charge in [-0.05, 0) is 64.3 Å². The van der Waals surface area contributed by atoms with Crippen LogP contribution in [0.2, 0.25) is 0 Å². The topological polar surface area (TPSA) is 81.5 Å². The molecule has 1 amide bonds. The van der Waals surface area contributed by atoms with Crippen LogP contribution in [0.4, 0.5) is 0 Å². The molecule has 4 rings (SSSR count). The van der Waals surface area contributed by atoms with Crippen LogP contribution in [-0.2, 0) is 0 Å². The fourth-order valence-corrected chi connectivity index (χ4v) is 4.42. The van der Waals surface area contributed by atoms with Gasteiger partial charge in [0.2, 0.25) is 5.76 Å². The van der Waals surface area contributed by atoms with E-state index in [0.29, 0.717) is 52.5 Å². The minimum atomic E-state index is -0.651. The Bertz CT molecular complexity index is 1270. The summed E-state index contributed by atoms with van der Waals surface area (Å²) in [5, 5.41) is 0.400. The number of fused-ring (bicyclic) bond motifs is 2. The van der Waals surface area contributed by atoms with Crippen LogP contribution in [0, 0.1) is 0 Å². The van der Waals surface area contributed by atoms with Gasteiger partial charge in [-0.25, -0.2) is 0 Å². The van der Waals surface area contributed by atoms with Crippen molar-refractivity contribution in [2.45, 2.75) is 19.4 Å². The summed E-state index contributed by atoms with van der Waals surface area (Å²) in [6, 6.07) is 9.81. The van der Waals surface area contributed by atoms with Gasteiger partial charge in [0.25, 0.3) is 5.91 Å². The van der Waals surface area contributed by atoms with Gasteiger partial charge >= 0.3 is 0 Å². The lowest BCUT2D eigenvalue weighted by Crippen LogP contribution is -2.32. The van der Waals surface area contributed by atoms with Crippen LogP contribution in [0.1, 0.15) is 41.1 Å². The van der Waals surface area contributed by atoms with Gasteiger partial charge in [-0.1, -0.05) is 0 Å². The predicted octanol–water partition coefficient (Wildman–Crippen LogP) is 3.71. The summed E-state index contributed by atoms with van der Waals surface area (Å²) >= 11 is 0. The van der Waals surface area contributed by atoms with Crippen molar-refractivity contribution < 1.29 is 23.4 Å². The highest BCUT2D eigenvalue weighted by molar-refractivity contribution is 5.99. The average Bonchev–Trinajstić information content (AvgIpc) is 3.10. The van der Waals surface area contributed by atoms with Crippen molar-refractivity contribution in [2.24, 2.45) is 0 Å². The number of ether oxygens (including phenoxy) is 3. The van der Waals surface area contributed by atoms with Gasteiger partial charge in [0.15, 0.2) is 5.43 Å². The minimum absolute atomic E-state index is 0.0610. The minimum Gasteiger partial charge on any atom is -0.497 e. The summed E-state index contributed by atoms with van der Waals surface area (Å²) in [5.74, 6) is 1.50. The van der Waals surface area contributed by atoms with Crippen molar-refractivity contribution in [3.8, 4) is 17.2 Å². The molecule has 34 heavy (non-hydrogen) atoms. The van der Waals surface area contributed by atoms with E-state index in [1.54, 1.807) is 49.5 Å². The van der Waals surface area contributed by atoms with Crippen molar-refractivity contribution in [2.75, 3.05) is 48.0 Å². The molecular weight excluding hydrogens is 436 g/mol. The SMILES string of the molecule is CCOc1ccc2c(=O)c3c(oc2c1)C(=O)N(CCCN(C)C)C3c1cc(OC)ccc1OC. The predicted molar refractivity (Wildman–Crippen MR) is 129 cm³/mol. The second kappa shape index (κ2) is 9.77. The Labute approximate surface area is 198 Å². The Hall–Kier alpha value is -3.52. The number of carbonyl (C=O) groups excluding carboxylic acids is 1. The zero-order valence-corrected chi connectivity index (χ0v) is 20.2. The molecule has 0 saturated heterocycles. The van der Waals surface area contributed by atoms with Crippen LogP contribution >= 0.6 is 0 Å². The summed E-state index contributed by atoms with van der Waals surface area (Å²) < 4.78 is 22.7. The first-order chi connectivity index (χ1) is 16.4. The molecule has 1 aliphatic heterocycles. The van der Waals surface area contributed by atoms with Gasteiger partial charge in [0.1, 0.15) is 22.8 Å². The summed E-state index contributed by atoms with van der Waals surface area (Å²) in [6.45, 7) is 3.61. The van der Waals surface area contributed by atoms with Gasteiger partial charge in [-0.2, -0.15) is 0 Å². The first-order valence-corrected chi connectivity index (χ1v) is 11.3. The second-order valence-electron chi connectivity index (χ2n) is 8.43. The monoisotopic (exact) mass is 466 g/mol. The van der Waals surface area contributed by atoms with E-state index in [1.807, 2.05) is 27.1 Å². The lowest BCUT2D eigenvalue weighted by atomic mass is 9.97. The number of nitrogens with zero attached hydrogens (tertiary/aromatic N) is 2.